The Bertz CT molecular complexity index is 1160. The summed E-state index contributed by atoms with van der Waals surface area (Å²) in [5.74, 6) is 0.413. The lowest BCUT2D eigenvalue weighted by molar-refractivity contribution is 0.0378. The molecular weight excluding hydrogens is 462 g/mol. The van der Waals surface area contributed by atoms with Gasteiger partial charge in [-0.1, -0.05) is 37.3 Å². The molecule has 3 aromatic rings. The van der Waals surface area contributed by atoms with E-state index in [0.29, 0.717) is 5.56 Å². The Morgan fingerprint density at radius 2 is 1.70 bits per heavy atom. The molecule has 1 saturated heterocycles. The van der Waals surface area contributed by atoms with Gasteiger partial charge in [0.2, 0.25) is 0 Å². The van der Waals surface area contributed by atoms with Crippen molar-refractivity contribution in [3.8, 4) is 0 Å². The van der Waals surface area contributed by atoms with E-state index in [-0.39, 0.29) is 12.1 Å². The average Bonchev–Trinajstić information content (AvgIpc) is 2.89. The van der Waals surface area contributed by atoms with Gasteiger partial charge in [-0.25, -0.2) is 9.78 Å². The van der Waals surface area contributed by atoms with Crippen LogP contribution < -0.4 is 4.90 Å². The molecule has 1 aliphatic heterocycles. The van der Waals surface area contributed by atoms with Crippen molar-refractivity contribution in [2.45, 2.75) is 53.4 Å². The number of esters is 1. The van der Waals surface area contributed by atoms with Crippen molar-refractivity contribution >= 4 is 11.8 Å². The van der Waals surface area contributed by atoms with Crippen LogP contribution in [0.2, 0.25) is 0 Å². The number of aromatic nitrogens is 2. The van der Waals surface area contributed by atoms with Crippen LogP contribution in [0, 0.1) is 6.92 Å². The van der Waals surface area contributed by atoms with E-state index in [4.69, 9.17) is 4.74 Å². The van der Waals surface area contributed by atoms with Gasteiger partial charge >= 0.3 is 5.97 Å². The van der Waals surface area contributed by atoms with Gasteiger partial charge in [-0.05, 0) is 62.7 Å². The van der Waals surface area contributed by atoms with Crippen LogP contribution in [0.15, 0.2) is 60.8 Å². The quantitative estimate of drug-likeness (QED) is 0.373. The van der Waals surface area contributed by atoms with Crippen molar-refractivity contribution in [1.29, 1.82) is 0 Å². The molecule has 196 valence electrons. The van der Waals surface area contributed by atoms with E-state index >= 15 is 0 Å². The Labute approximate surface area is 221 Å². The molecule has 0 aliphatic carbocycles. The van der Waals surface area contributed by atoms with Crippen LogP contribution in [0.5, 0.6) is 0 Å². The molecule has 0 N–H and O–H groups in total. The molecule has 1 aliphatic rings. The number of carbonyl (C=O) groups excluding carboxylic acids is 1. The van der Waals surface area contributed by atoms with Crippen molar-refractivity contribution in [2.24, 2.45) is 0 Å². The van der Waals surface area contributed by atoms with Gasteiger partial charge in [-0.2, -0.15) is 0 Å². The summed E-state index contributed by atoms with van der Waals surface area (Å²) in [6.45, 7) is 15.1. The molecule has 7 nitrogen and oxygen atoms in total. The summed E-state index contributed by atoms with van der Waals surface area (Å²) in [6, 6.07) is 18.8. The molecule has 1 aromatic carbocycles. The normalized spacial score (nSPS) is 14.4. The van der Waals surface area contributed by atoms with Gasteiger partial charge in [0.1, 0.15) is 11.4 Å². The van der Waals surface area contributed by atoms with Crippen LogP contribution in [0.4, 0.5) is 5.82 Å². The van der Waals surface area contributed by atoms with Crippen LogP contribution in [0.25, 0.3) is 0 Å². The Hall–Kier alpha value is -3.29. The number of piperazine rings is 1. The van der Waals surface area contributed by atoms with Gasteiger partial charge in [0.05, 0.1) is 11.8 Å². The summed E-state index contributed by atoms with van der Waals surface area (Å²) in [7, 11) is 0. The summed E-state index contributed by atoms with van der Waals surface area (Å²) in [6.07, 6.45) is 1.59. The highest BCUT2D eigenvalue weighted by molar-refractivity contribution is 5.94. The first-order valence-corrected chi connectivity index (χ1v) is 13.3. The summed E-state index contributed by atoms with van der Waals surface area (Å²) in [5.41, 5.74) is 5.36. The summed E-state index contributed by atoms with van der Waals surface area (Å²) in [5, 5.41) is 0. The van der Waals surface area contributed by atoms with Crippen LogP contribution in [-0.2, 0) is 24.4 Å². The van der Waals surface area contributed by atoms with E-state index in [0.717, 1.165) is 69.6 Å². The van der Waals surface area contributed by atoms with Gasteiger partial charge in [-0.3, -0.25) is 14.8 Å². The maximum Gasteiger partial charge on any atom is 0.342 e. The van der Waals surface area contributed by atoms with Gasteiger partial charge in [0.15, 0.2) is 0 Å². The first kappa shape index (κ1) is 26.8. The maximum atomic E-state index is 12.5. The zero-order chi connectivity index (χ0) is 26.2. The van der Waals surface area contributed by atoms with Gasteiger partial charge < -0.3 is 9.64 Å². The Balaban J connectivity index is 1.29. The zero-order valence-electron chi connectivity index (χ0n) is 22.6. The molecule has 0 radical (unpaired) electrons. The standard InChI is InChI=1S/C30H39N5O2/c1-5-33(22-27-9-6-8-24(4)32-27)20-25-11-13-26(14-12-25)21-34-16-18-35(19-17-34)29-28(10-7-15-31-29)30(36)37-23(2)3/h6-15,23H,5,16-22H2,1-4H3. The minimum atomic E-state index is -0.308. The van der Waals surface area contributed by atoms with Gasteiger partial charge in [0.25, 0.3) is 0 Å². The highest BCUT2D eigenvalue weighted by Gasteiger charge is 2.23. The van der Waals surface area contributed by atoms with E-state index in [1.807, 2.05) is 26.8 Å². The largest absolute Gasteiger partial charge is 0.459 e. The van der Waals surface area contributed by atoms with Gasteiger partial charge in [-0.15, -0.1) is 0 Å². The number of carbonyl (C=O) groups is 1. The minimum Gasteiger partial charge on any atom is -0.459 e. The summed E-state index contributed by atoms with van der Waals surface area (Å²) in [4.78, 5) is 28.8. The molecule has 3 heterocycles. The monoisotopic (exact) mass is 501 g/mol. The lowest BCUT2D eigenvalue weighted by atomic mass is 10.1. The summed E-state index contributed by atoms with van der Waals surface area (Å²) < 4.78 is 5.42. The second-order valence-corrected chi connectivity index (χ2v) is 9.98. The average molecular weight is 502 g/mol. The number of aryl methyl sites for hydroxylation is 1. The third-order valence-electron chi connectivity index (χ3n) is 6.64. The first-order valence-electron chi connectivity index (χ1n) is 13.3. The predicted octanol–water partition coefficient (Wildman–Crippen LogP) is 4.69. The molecule has 4 rings (SSSR count). The molecule has 2 aromatic heterocycles. The molecule has 0 amide bonds. The third-order valence-corrected chi connectivity index (χ3v) is 6.64. The molecule has 0 bridgehead atoms. The third kappa shape index (κ3) is 7.60. The van der Waals surface area contributed by atoms with Crippen LogP contribution >= 0.6 is 0 Å². The topological polar surface area (TPSA) is 61.8 Å². The number of anilines is 1. The molecule has 0 saturated carbocycles. The van der Waals surface area contributed by atoms with E-state index in [2.05, 4.69) is 68.0 Å². The van der Waals surface area contributed by atoms with Crippen LogP contribution in [-0.4, -0.2) is 64.6 Å². The van der Waals surface area contributed by atoms with Crippen LogP contribution in [0.1, 0.15) is 53.6 Å². The number of benzene rings is 1. The number of rotatable bonds is 10. The van der Waals surface area contributed by atoms with Crippen molar-refractivity contribution < 1.29 is 9.53 Å². The smallest absolute Gasteiger partial charge is 0.342 e. The zero-order valence-corrected chi connectivity index (χ0v) is 22.6. The molecule has 7 heteroatoms. The Morgan fingerprint density at radius 1 is 0.973 bits per heavy atom. The number of nitrogens with zero attached hydrogens (tertiary/aromatic N) is 5. The fraction of sp³-hybridized carbons (Fsp3) is 0.433. The summed E-state index contributed by atoms with van der Waals surface area (Å²) >= 11 is 0. The first-order chi connectivity index (χ1) is 17.9. The van der Waals surface area contributed by atoms with Crippen molar-refractivity contribution in [2.75, 3.05) is 37.6 Å². The van der Waals surface area contributed by atoms with E-state index in [1.165, 1.54) is 11.1 Å². The minimum absolute atomic E-state index is 0.154. The molecule has 1 fully saturated rings. The Kier molecular flexibility index (Phi) is 9.25. The maximum absolute atomic E-state index is 12.5. The molecule has 0 unspecified atom stereocenters. The highest BCUT2D eigenvalue weighted by atomic mass is 16.5. The van der Waals surface area contributed by atoms with Crippen molar-refractivity contribution in [3.63, 3.8) is 0 Å². The Morgan fingerprint density at radius 3 is 2.38 bits per heavy atom. The number of pyridine rings is 2. The molecular formula is C30H39N5O2. The SMILES string of the molecule is CCN(Cc1ccc(CN2CCN(c3ncccc3C(=O)OC(C)C)CC2)cc1)Cc1cccc(C)n1. The molecule has 0 spiro atoms. The van der Waals surface area contributed by atoms with Crippen molar-refractivity contribution in [1.82, 2.24) is 19.8 Å². The van der Waals surface area contributed by atoms with Gasteiger partial charge in [0, 0.05) is 57.7 Å². The fourth-order valence-corrected chi connectivity index (χ4v) is 4.67. The van der Waals surface area contributed by atoms with E-state index in [1.54, 1.807) is 18.3 Å². The second-order valence-electron chi connectivity index (χ2n) is 9.98. The lowest BCUT2D eigenvalue weighted by Crippen LogP contribution is -2.46. The second kappa shape index (κ2) is 12.8. The molecule has 0 atom stereocenters. The van der Waals surface area contributed by atoms with Crippen molar-refractivity contribution in [3.05, 3.63) is 88.9 Å². The fourth-order valence-electron chi connectivity index (χ4n) is 4.67. The molecule has 37 heavy (non-hydrogen) atoms. The lowest BCUT2D eigenvalue weighted by Gasteiger charge is -2.36. The highest BCUT2D eigenvalue weighted by Crippen LogP contribution is 2.21. The predicted molar refractivity (Wildman–Crippen MR) is 147 cm³/mol. The number of hydrogen-bond acceptors (Lipinski definition) is 7. The van der Waals surface area contributed by atoms with E-state index < -0.39 is 0 Å². The van der Waals surface area contributed by atoms with Crippen LogP contribution in [0.3, 0.4) is 0 Å². The van der Waals surface area contributed by atoms with E-state index in [9.17, 15) is 4.79 Å². The number of ether oxygens (including phenoxy) is 1. The number of hydrogen-bond donors (Lipinski definition) is 0.